The second kappa shape index (κ2) is 3.48. The molecule has 0 aliphatic rings. The average molecular weight is 248 g/mol. The van der Waals surface area contributed by atoms with Gasteiger partial charge in [-0.05, 0) is 36.4 Å². The van der Waals surface area contributed by atoms with E-state index >= 15 is 0 Å². The maximum atomic E-state index is 9.69. The van der Waals surface area contributed by atoms with Crippen molar-refractivity contribution in [3.8, 4) is 5.75 Å². The molecule has 4 rings (SSSR count). The van der Waals surface area contributed by atoms with Crippen molar-refractivity contribution < 1.29 is 5.11 Å². The third kappa shape index (κ3) is 1.35. The molecule has 0 bridgehead atoms. The number of aryl methyl sites for hydroxylation is 1. The van der Waals surface area contributed by atoms with Crippen LogP contribution in [0.3, 0.4) is 0 Å². The standard InChI is InChI=1S/C16H12N2O/c1-18-15-5-4-11(19)8-12(15)13-9-14-10(7-16(13)18)3-2-6-17-14/h2-9,19H,1H3. The maximum Gasteiger partial charge on any atom is 0.116 e. The minimum Gasteiger partial charge on any atom is -0.508 e. The monoisotopic (exact) mass is 248 g/mol. The van der Waals surface area contributed by atoms with E-state index in [4.69, 9.17) is 0 Å². The summed E-state index contributed by atoms with van der Waals surface area (Å²) < 4.78 is 2.15. The summed E-state index contributed by atoms with van der Waals surface area (Å²) in [6, 6.07) is 13.7. The largest absolute Gasteiger partial charge is 0.508 e. The van der Waals surface area contributed by atoms with Crippen LogP contribution in [-0.4, -0.2) is 14.7 Å². The van der Waals surface area contributed by atoms with E-state index in [1.165, 1.54) is 0 Å². The second-order valence-electron chi connectivity index (χ2n) is 4.83. The minimum atomic E-state index is 0.293. The molecule has 0 saturated carbocycles. The lowest BCUT2D eigenvalue weighted by Crippen LogP contribution is -1.86. The molecule has 0 aliphatic heterocycles. The number of phenols is 1. The van der Waals surface area contributed by atoms with Gasteiger partial charge in [0.25, 0.3) is 0 Å². The predicted molar refractivity (Wildman–Crippen MR) is 77.4 cm³/mol. The lowest BCUT2D eigenvalue weighted by Gasteiger charge is -2.00. The highest BCUT2D eigenvalue weighted by atomic mass is 16.3. The third-order valence-electron chi connectivity index (χ3n) is 3.71. The van der Waals surface area contributed by atoms with Crippen LogP contribution in [0.1, 0.15) is 0 Å². The van der Waals surface area contributed by atoms with Gasteiger partial charge in [-0.1, -0.05) is 6.07 Å². The fourth-order valence-electron chi connectivity index (χ4n) is 2.76. The van der Waals surface area contributed by atoms with Gasteiger partial charge in [-0.2, -0.15) is 0 Å². The number of benzene rings is 2. The smallest absolute Gasteiger partial charge is 0.116 e. The Hall–Kier alpha value is -2.55. The van der Waals surface area contributed by atoms with Crippen LogP contribution in [0.5, 0.6) is 5.75 Å². The Morgan fingerprint density at radius 2 is 1.84 bits per heavy atom. The van der Waals surface area contributed by atoms with Crippen molar-refractivity contribution in [1.82, 2.24) is 9.55 Å². The first-order valence-corrected chi connectivity index (χ1v) is 6.20. The molecule has 0 atom stereocenters. The fourth-order valence-corrected chi connectivity index (χ4v) is 2.76. The van der Waals surface area contributed by atoms with E-state index < -0.39 is 0 Å². The summed E-state index contributed by atoms with van der Waals surface area (Å²) in [6.07, 6.45) is 1.80. The van der Waals surface area contributed by atoms with Crippen LogP contribution in [0.25, 0.3) is 32.7 Å². The molecule has 92 valence electrons. The molecule has 0 radical (unpaired) electrons. The van der Waals surface area contributed by atoms with Gasteiger partial charge in [-0.3, -0.25) is 4.98 Å². The molecule has 2 aromatic heterocycles. The Morgan fingerprint density at radius 1 is 1.00 bits per heavy atom. The average Bonchev–Trinajstić information content (AvgIpc) is 2.69. The van der Waals surface area contributed by atoms with Crippen molar-refractivity contribution in [3.63, 3.8) is 0 Å². The van der Waals surface area contributed by atoms with Gasteiger partial charge < -0.3 is 9.67 Å². The number of hydrogen-bond acceptors (Lipinski definition) is 2. The number of hydrogen-bond donors (Lipinski definition) is 1. The van der Waals surface area contributed by atoms with E-state index in [2.05, 4.69) is 27.8 Å². The molecule has 2 aromatic carbocycles. The van der Waals surface area contributed by atoms with Gasteiger partial charge in [-0.25, -0.2) is 0 Å². The number of phenolic OH excluding ortho intramolecular Hbond substituents is 1. The number of aromatic nitrogens is 2. The molecule has 0 saturated heterocycles. The Balaban J connectivity index is 2.30. The number of fused-ring (bicyclic) bond motifs is 4. The van der Waals surface area contributed by atoms with Crippen LogP contribution >= 0.6 is 0 Å². The molecule has 1 N–H and O–H groups in total. The van der Waals surface area contributed by atoms with Gasteiger partial charge in [0.15, 0.2) is 0 Å². The van der Waals surface area contributed by atoms with Crippen LogP contribution in [0, 0.1) is 0 Å². The molecule has 19 heavy (non-hydrogen) atoms. The van der Waals surface area contributed by atoms with Gasteiger partial charge in [0.2, 0.25) is 0 Å². The zero-order valence-corrected chi connectivity index (χ0v) is 10.5. The van der Waals surface area contributed by atoms with Crippen molar-refractivity contribution in [3.05, 3.63) is 48.7 Å². The first-order valence-electron chi connectivity index (χ1n) is 6.20. The Morgan fingerprint density at radius 3 is 2.74 bits per heavy atom. The summed E-state index contributed by atoms with van der Waals surface area (Å²) in [5.41, 5.74) is 3.25. The molecule has 2 heterocycles. The summed E-state index contributed by atoms with van der Waals surface area (Å²) in [4.78, 5) is 4.40. The van der Waals surface area contributed by atoms with Crippen molar-refractivity contribution in [2.75, 3.05) is 0 Å². The second-order valence-corrected chi connectivity index (χ2v) is 4.83. The van der Waals surface area contributed by atoms with Crippen LogP contribution in [0.4, 0.5) is 0 Å². The molecule has 0 spiro atoms. The van der Waals surface area contributed by atoms with Crippen molar-refractivity contribution in [1.29, 1.82) is 0 Å². The van der Waals surface area contributed by atoms with Gasteiger partial charge in [0, 0.05) is 40.4 Å². The molecule has 3 heteroatoms. The summed E-state index contributed by atoms with van der Waals surface area (Å²) >= 11 is 0. The van der Waals surface area contributed by atoms with E-state index in [-0.39, 0.29) is 0 Å². The summed E-state index contributed by atoms with van der Waals surface area (Å²) in [6.45, 7) is 0. The Kier molecular flexibility index (Phi) is 1.90. The van der Waals surface area contributed by atoms with Crippen molar-refractivity contribution in [2.24, 2.45) is 7.05 Å². The predicted octanol–water partition coefficient (Wildman–Crippen LogP) is 3.59. The fraction of sp³-hybridized carbons (Fsp3) is 0.0625. The van der Waals surface area contributed by atoms with Crippen molar-refractivity contribution in [2.45, 2.75) is 0 Å². The summed E-state index contributed by atoms with van der Waals surface area (Å²) in [5, 5.41) is 13.0. The van der Waals surface area contributed by atoms with Gasteiger partial charge >= 0.3 is 0 Å². The Bertz CT molecular complexity index is 938. The highest BCUT2D eigenvalue weighted by molar-refractivity contribution is 6.12. The van der Waals surface area contributed by atoms with E-state index in [0.29, 0.717) is 5.75 Å². The van der Waals surface area contributed by atoms with Crippen LogP contribution < -0.4 is 0 Å². The van der Waals surface area contributed by atoms with Gasteiger partial charge in [-0.15, -0.1) is 0 Å². The lowest BCUT2D eigenvalue weighted by atomic mass is 10.1. The number of nitrogens with zero attached hydrogens (tertiary/aromatic N) is 2. The summed E-state index contributed by atoms with van der Waals surface area (Å²) in [7, 11) is 2.05. The molecule has 4 aromatic rings. The first-order chi connectivity index (χ1) is 9.24. The van der Waals surface area contributed by atoms with Crippen molar-refractivity contribution >= 4 is 32.7 Å². The highest BCUT2D eigenvalue weighted by Gasteiger charge is 2.10. The number of aromatic hydroxyl groups is 1. The molecular formula is C16H12N2O. The SMILES string of the molecule is Cn1c2ccc(O)cc2c2cc3ncccc3cc21. The lowest BCUT2D eigenvalue weighted by molar-refractivity contribution is 0.476. The van der Waals surface area contributed by atoms with Crippen LogP contribution in [0.2, 0.25) is 0 Å². The van der Waals surface area contributed by atoms with Gasteiger partial charge in [0.1, 0.15) is 5.75 Å². The van der Waals surface area contributed by atoms with Crippen LogP contribution in [0.15, 0.2) is 48.7 Å². The molecule has 0 amide bonds. The van der Waals surface area contributed by atoms with Crippen LogP contribution in [-0.2, 0) is 7.05 Å². The topological polar surface area (TPSA) is 38.0 Å². The molecule has 3 nitrogen and oxygen atoms in total. The third-order valence-corrected chi connectivity index (χ3v) is 3.71. The molecule has 0 unspecified atom stereocenters. The van der Waals surface area contributed by atoms with E-state index in [1.807, 2.05) is 25.2 Å². The van der Waals surface area contributed by atoms with E-state index in [9.17, 15) is 5.11 Å². The number of rotatable bonds is 0. The maximum absolute atomic E-state index is 9.69. The normalized spacial score (nSPS) is 11.6. The van der Waals surface area contributed by atoms with Gasteiger partial charge in [0.05, 0.1) is 5.52 Å². The summed E-state index contributed by atoms with van der Waals surface area (Å²) in [5.74, 6) is 0.293. The Labute approximate surface area is 109 Å². The van der Waals surface area contributed by atoms with E-state index in [1.54, 1.807) is 12.3 Å². The zero-order chi connectivity index (χ0) is 13.0. The molecule has 0 aliphatic carbocycles. The molecule has 0 fully saturated rings. The van der Waals surface area contributed by atoms with E-state index in [0.717, 1.165) is 32.7 Å². The molecular weight excluding hydrogens is 236 g/mol. The quantitative estimate of drug-likeness (QED) is 0.516. The first kappa shape index (κ1) is 10.4. The highest BCUT2D eigenvalue weighted by Crippen LogP contribution is 2.32. The minimum absolute atomic E-state index is 0.293. The number of pyridine rings is 1. The zero-order valence-electron chi connectivity index (χ0n) is 10.5.